The Morgan fingerprint density at radius 2 is 2.04 bits per heavy atom. The molecule has 2 amide bonds. The molecule has 3 aliphatic rings. The largest absolute Gasteiger partial charge is 0.381 e. The van der Waals surface area contributed by atoms with Crippen LogP contribution in [0.4, 0.5) is 0 Å². The fourth-order valence-corrected chi connectivity index (χ4v) is 4.77. The Bertz CT molecular complexity index is 781. The van der Waals surface area contributed by atoms with Crippen molar-refractivity contribution in [1.82, 2.24) is 9.80 Å². The molecule has 6 nitrogen and oxygen atoms in total. The van der Waals surface area contributed by atoms with Gasteiger partial charge in [0.1, 0.15) is 0 Å². The molecule has 0 saturated carbocycles. The van der Waals surface area contributed by atoms with Crippen molar-refractivity contribution < 1.29 is 14.3 Å². The SMILES string of the molecule is N#Cc1cccc(C(=O)N2CC[C@]3(CCCN(C4CCOCC4)C3=O)C2)c1. The second-order valence-electron chi connectivity index (χ2n) is 7.90. The van der Waals surface area contributed by atoms with Crippen molar-refractivity contribution in [2.45, 2.75) is 38.1 Å². The van der Waals surface area contributed by atoms with Gasteiger partial charge in [-0.3, -0.25) is 9.59 Å². The molecule has 27 heavy (non-hydrogen) atoms. The van der Waals surface area contributed by atoms with E-state index in [0.717, 1.165) is 51.9 Å². The number of ether oxygens (including phenoxy) is 1. The van der Waals surface area contributed by atoms with Crippen LogP contribution in [0.5, 0.6) is 0 Å². The van der Waals surface area contributed by atoms with E-state index in [4.69, 9.17) is 10.00 Å². The Kier molecular flexibility index (Phi) is 4.88. The number of nitrogens with zero attached hydrogens (tertiary/aromatic N) is 3. The van der Waals surface area contributed by atoms with Gasteiger partial charge in [-0.1, -0.05) is 6.07 Å². The zero-order valence-corrected chi connectivity index (χ0v) is 15.5. The van der Waals surface area contributed by atoms with Crippen molar-refractivity contribution in [2.24, 2.45) is 5.41 Å². The van der Waals surface area contributed by atoms with Crippen molar-refractivity contribution in [3.05, 3.63) is 35.4 Å². The van der Waals surface area contributed by atoms with E-state index in [1.54, 1.807) is 29.2 Å². The first-order chi connectivity index (χ1) is 13.1. The lowest BCUT2D eigenvalue weighted by atomic mass is 9.77. The van der Waals surface area contributed by atoms with Crippen LogP contribution in [0.25, 0.3) is 0 Å². The molecule has 0 radical (unpaired) electrons. The van der Waals surface area contributed by atoms with Crippen molar-refractivity contribution in [3.63, 3.8) is 0 Å². The minimum Gasteiger partial charge on any atom is -0.381 e. The quantitative estimate of drug-likeness (QED) is 0.803. The molecule has 1 aromatic rings. The monoisotopic (exact) mass is 367 g/mol. The van der Waals surface area contributed by atoms with Gasteiger partial charge >= 0.3 is 0 Å². The molecule has 0 unspecified atom stereocenters. The molecule has 3 saturated heterocycles. The van der Waals surface area contributed by atoms with Gasteiger partial charge < -0.3 is 14.5 Å². The van der Waals surface area contributed by atoms with E-state index in [-0.39, 0.29) is 17.9 Å². The number of carbonyl (C=O) groups is 2. The van der Waals surface area contributed by atoms with Crippen LogP contribution in [-0.2, 0) is 9.53 Å². The summed E-state index contributed by atoms with van der Waals surface area (Å²) in [5.41, 5.74) is 0.573. The highest BCUT2D eigenvalue weighted by Gasteiger charge is 2.50. The minimum absolute atomic E-state index is 0.0834. The van der Waals surface area contributed by atoms with E-state index in [2.05, 4.69) is 11.0 Å². The van der Waals surface area contributed by atoms with Crippen molar-refractivity contribution in [2.75, 3.05) is 32.8 Å². The summed E-state index contributed by atoms with van der Waals surface area (Å²) in [6.45, 7) is 3.36. The average molecular weight is 367 g/mol. The van der Waals surface area contributed by atoms with E-state index in [1.807, 2.05) is 0 Å². The van der Waals surface area contributed by atoms with E-state index < -0.39 is 5.41 Å². The highest BCUT2D eigenvalue weighted by molar-refractivity contribution is 5.96. The summed E-state index contributed by atoms with van der Waals surface area (Å²) < 4.78 is 5.45. The molecule has 0 aromatic heterocycles. The van der Waals surface area contributed by atoms with Crippen molar-refractivity contribution in [3.8, 4) is 6.07 Å². The maximum atomic E-state index is 13.4. The molecule has 0 bridgehead atoms. The van der Waals surface area contributed by atoms with Gasteiger partial charge in [0.2, 0.25) is 5.91 Å². The second kappa shape index (κ2) is 7.32. The summed E-state index contributed by atoms with van der Waals surface area (Å²) in [4.78, 5) is 30.1. The number of hydrogen-bond donors (Lipinski definition) is 0. The van der Waals surface area contributed by atoms with E-state index >= 15 is 0 Å². The van der Waals surface area contributed by atoms with Crippen LogP contribution in [0.2, 0.25) is 0 Å². The number of benzene rings is 1. The molecule has 142 valence electrons. The molecule has 1 aromatic carbocycles. The molecule has 4 rings (SSSR count). The van der Waals surface area contributed by atoms with Crippen LogP contribution in [0.1, 0.15) is 48.0 Å². The summed E-state index contributed by atoms with van der Waals surface area (Å²) in [6.07, 6.45) is 4.40. The summed E-state index contributed by atoms with van der Waals surface area (Å²) in [6, 6.07) is 9.15. The predicted octanol–water partition coefficient (Wildman–Crippen LogP) is 2.19. The summed E-state index contributed by atoms with van der Waals surface area (Å²) in [7, 11) is 0. The molecule has 6 heteroatoms. The highest BCUT2D eigenvalue weighted by Crippen LogP contribution is 2.41. The third-order valence-corrected chi connectivity index (χ3v) is 6.28. The Hall–Kier alpha value is -2.39. The maximum absolute atomic E-state index is 13.4. The van der Waals surface area contributed by atoms with Crippen LogP contribution in [-0.4, -0.2) is 60.5 Å². The molecule has 0 aliphatic carbocycles. The Morgan fingerprint density at radius 3 is 2.81 bits per heavy atom. The normalized spacial score (nSPS) is 26.4. The van der Waals surface area contributed by atoms with Crippen LogP contribution in [0.15, 0.2) is 24.3 Å². The third kappa shape index (κ3) is 3.32. The number of amides is 2. The second-order valence-corrected chi connectivity index (χ2v) is 7.90. The van der Waals surface area contributed by atoms with Gasteiger partial charge in [-0.15, -0.1) is 0 Å². The molecular weight excluding hydrogens is 342 g/mol. The Labute approximate surface area is 159 Å². The summed E-state index contributed by atoms with van der Waals surface area (Å²) in [5, 5.41) is 9.06. The molecule has 0 N–H and O–H groups in total. The lowest BCUT2D eigenvalue weighted by Crippen LogP contribution is -2.55. The van der Waals surface area contributed by atoms with Crippen molar-refractivity contribution in [1.29, 1.82) is 5.26 Å². The number of piperidine rings is 1. The zero-order chi connectivity index (χ0) is 18.9. The Morgan fingerprint density at radius 1 is 1.22 bits per heavy atom. The van der Waals surface area contributed by atoms with Gasteiger partial charge in [0.05, 0.1) is 17.0 Å². The first-order valence-electron chi connectivity index (χ1n) is 9.81. The van der Waals surface area contributed by atoms with Gasteiger partial charge in [0.15, 0.2) is 0 Å². The topological polar surface area (TPSA) is 73.6 Å². The molecule has 3 heterocycles. The smallest absolute Gasteiger partial charge is 0.253 e. The fourth-order valence-electron chi connectivity index (χ4n) is 4.77. The van der Waals surface area contributed by atoms with Crippen LogP contribution < -0.4 is 0 Å². The van der Waals surface area contributed by atoms with E-state index in [9.17, 15) is 9.59 Å². The number of likely N-dealkylation sites (tertiary alicyclic amines) is 2. The highest BCUT2D eigenvalue weighted by atomic mass is 16.5. The van der Waals surface area contributed by atoms with Crippen LogP contribution >= 0.6 is 0 Å². The van der Waals surface area contributed by atoms with Gasteiger partial charge in [0.25, 0.3) is 5.91 Å². The molecule has 1 atom stereocenters. The number of nitriles is 1. The lowest BCUT2D eigenvalue weighted by Gasteiger charge is -2.44. The van der Waals surface area contributed by atoms with E-state index in [1.165, 1.54) is 0 Å². The maximum Gasteiger partial charge on any atom is 0.253 e. The van der Waals surface area contributed by atoms with E-state index in [0.29, 0.717) is 24.2 Å². The Balaban J connectivity index is 1.49. The van der Waals surface area contributed by atoms with Gasteiger partial charge in [0, 0.05) is 44.5 Å². The average Bonchev–Trinajstić information content (AvgIpc) is 3.15. The molecular formula is C21H25N3O3. The fraction of sp³-hybridized carbons (Fsp3) is 0.571. The molecule has 3 aliphatic heterocycles. The lowest BCUT2D eigenvalue weighted by molar-refractivity contribution is -0.150. The minimum atomic E-state index is -0.431. The predicted molar refractivity (Wildman–Crippen MR) is 98.9 cm³/mol. The van der Waals surface area contributed by atoms with Gasteiger partial charge in [-0.2, -0.15) is 5.26 Å². The first-order valence-corrected chi connectivity index (χ1v) is 9.81. The van der Waals surface area contributed by atoms with Crippen molar-refractivity contribution >= 4 is 11.8 Å². The summed E-state index contributed by atoms with van der Waals surface area (Å²) in [5.74, 6) is 0.140. The number of carbonyl (C=O) groups excluding carboxylic acids is 2. The summed E-state index contributed by atoms with van der Waals surface area (Å²) >= 11 is 0. The van der Waals surface area contributed by atoms with Crippen LogP contribution in [0.3, 0.4) is 0 Å². The standard InChI is InChI=1S/C21H25N3O3/c22-14-16-3-1-4-17(13-16)19(25)23-10-8-21(15-23)7-2-9-24(20(21)26)18-5-11-27-12-6-18/h1,3-4,13,18H,2,5-12,15H2/t21-/m1/s1. The van der Waals surface area contributed by atoms with Gasteiger partial charge in [-0.25, -0.2) is 0 Å². The molecule has 1 spiro atoms. The third-order valence-electron chi connectivity index (χ3n) is 6.28. The molecule has 3 fully saturated rings. The number of hydrogen-bond acceptors (Lipinski definition) is 4. The van der Waals surface area contributed by atoms with Gasteiger partial charge in [-0.05, 0) is 50.3 Å². The zero-order valence-electron chi connectivity index (χ0n) is 15.5. The van der Waals surface area contributed by atoms with Crippen LogP contribution in [0, 0.1) is 16.7 Å². The number of rotatable bonds is 2. The first kappa shape index (κ1) is 18.0.